The molecule has 0 atom stereocenters. The molecule has 0 saturated heterocycles. The van der Waals surface area contributed by atoms with Crippen molar-refractivity contribution in [1.82, 2.24) is 0 Å². The predicted molar refractivity (Wildman–Crippen MR) is 57.8 cm³/mol. The van der Waals surface area contributed by atoms with Crippen LogP contribution in [0.2, 0.25) is 0 Å². The molecular weight excluding hydrogens is 228 g/mol. The third-order valence-electron chi connectivity index (χ3n) is 1.70. The summed E-state index contributed by atoms with van der Waals surface area (Å²) in [5.74, 6) is 0. The van der Waals surface area contributed by atoms with Crippen molar-refractivity contribution in [3.05, 3.63) is 30.3 Å². The highest BCUT2D eigenvalue weighted by molar-refractivity contribution is 9.09. The zero-order chi connectivity index (χ0) is 9.52. The van der Waals surface area contributed by atoms with E-state index in [0.29, 0.717) is 0 Å². The van der Waals surface area contributed by atoms with Crippen molar-refractivity contribution in [2.75, 3.05) is 16.8 Å². The van der Waals surface area contributed by atoms with Crippen LogP contribution in [0.25, 0.3) is 0 Å². The third kappa shape index (κ3) is 3.08. The van der Waals surface area contributed by atoms with Gasteiger partial charge in [-0.3, -0.25) is 4.90 Å². The third-order valence-corrected chi connectivity index (χ3v) is 2.26. The van der Waals surface area contributed by atoms with Crippen LogP contribution in [0.1, 0.15) is 6.42 Å². The molecule has 0 heterocycles. The topological polar surface area (TPSA) is 27.0 Å². The molecule has 2 nitrogen and oxygen atoms in total. The van der Waals surface area contributed by atoms with Crippen LogP contribution in [0.4, 0.5) is 5.69 Å². The summed E-state index contributed by atoms with van der Waals surface area (Å²) in [5, 5.41) is 9.80. The van der Waals surface area contributed by atoms with Gasteiger partial charge in [0, 0.05) is 11.9 Å². The van der Waals surface area contributed by atoms with Gasteiger partial charge < -0.3 is 0 Å². The van der Waals surface area contributed by atoms with Gasteiger partial charge in [0.25, 0.3) is 0 Å². The Morgan fingerprint density at radius 2 is 2.00 bits per heavy atom. The van der Waals surface area contributed by atoms with Crippen molar-refractivity contribution in [2.45, 2.75) is 6.42 Å². The van der Waals surface area contributed by atoms with Crippen LogP contribution in [-0.4, -0.2) is 11.9 Å². The summed E-state index contributed by atoms with van der Waals surface area (Å²) in [6.45, 7) is 0.770. The maximum atomic E-state index is 8.87. The number of anilines is 1. The molecule has 0 fully saturated rings. The van der Waals surface area contributed by atoms with Gasteiger partial charge >= 0.3 is 0 Å². The van der Waals surface area contributed by atoms with Gasteiger partial charge in [-0.15, -0.1) is 0 Å². The second kappa shape index (κ2) is 5.60. The Morgan fingerprint density at radius 1 is 1.31 bits per heavy atom. The molecule has 0 amide bonds. The van der Waals surface area contributed by atoms with Gasteiger partial charge in [-0.2, -0.15) is 5.26 Å². The van der Waals surface area contributed by atoms with Crippen molar-refractivity contribution in [2.24, 2.45) is 0 Å². The lowest BCUT2D eigenvalue weighted by Gasteiger charge is -2.14. The van der Waals surface area contributed by atoms with Crippen LogP contribution < -0.4 is 4.90 Å². The van der Waals surface area contributed by atoms with E-state index in [-0.39, 0.29) is 0 Å². The predicted octanol–water partition coefficient (Wildman–Crippen LogP) is 2.76. The molecule has 0 N–H and O–H groups in total. The molecule has 0 aromatic heterocycles. The lowest BCUT2D eigenvalue weighted by atomic mass is 10.3. The number of halogens is 1. The monoisotopic (exact) mass is 238 g/mol. The van der Waals surface area contributed by atoms with Crippen LogP contribution in [0, 0.1) is 11.5 Å². The number of rotatable bonds is 4. The van der Waals surface area contributed by atoms with Gasteiger partial charge in [-0.25, -0.2) is 0 Å². The van der Waals surface area contributed by atoms with Gasteiger partial charge in [0.2, 0.25) is 0 Å². The Hall–Kier alpha value is -1.01. The highest BCUT2D eigenvalue weighted by Crippen LogP contribution is 2.12. The van der Waals surface area contributed by atoms with Crippen LogP contribution in [0.3, 0.4) is 0 Å². The molecule has 1 aromatic carbocycles. The number of nitrogens with zero attached hydrogens (tertiary/aromatic N) is 2. The summed E-state index contributed by atoms with van der Waals surface area (Å²) >= 11 is 3.34. The largest absolute Gasteiger partial charge is 0.279 e. The van der Waals surface area contributed by atoms with E-state index in [1.807, 2.05) is 30.3 Å². The Balaban J connectivity index is 2.63. The van der Waals surface area contributed by atoms with Crippen LogP contribution in [0.15, 0.2) is 30.3 Å². The fraction of sp³-hybridized carbons (Fsp3) is 0.300. The number of nitriles is 1. The molecule has 0 aliphatic heterocycles. The smallest absolute Gasteiger partial charge is 0.184 e. The second-order valence-electron chi connectivity index (χ2n) is 2.63. The van der Waals surface area contributed by atoms with E-state index in [1.54, 1.807) is 4.90 Å². The molecule has 0 aliphatic carbocycles. The van der Waals surface area contributed by atoms with Crippen molar-refractivity contribution >= 4 is 21.6 Å². The first-order valence-corrected chi connectivity index (χ1v) is 5.29. The summed E-state index contributed by atoms with van der Waals surface area (Å²) in [6.07, 6.45) is 3.14. The minimum Gasteiger partial charge on any atom is -0.279 e. The molecule has 1 rings (SSSR count). The fourth-order valence-electron chi connectivity index (χ4n) is 1.06. The fourth-order valence-corrected chi connectivity index (χ4v) is 1.31. The van der Waals surface area contributed by atoms with Crippen LogP contribution in [0.5, 0.6) is 0 Å². The standard InChI is InChI=1S/C10H11BrN2/c11-7-4-8-13(9-12)10-5-2-1-3-6-10/h1-3,5-6H,4,7-8H2. The second-order valence-corrected chi connectivity index (χ2v) is 3.42. The summed E-state index contributed by atoms with van der Waals surface area (Å²) in [4.78, 5) is 1.70. The Morgan fingerprint density at radius 3 is 2.54 bits per heavy atom. The van der Waals surface area contributed by atoms with Gasteiger partial charge in [0.05, 0.1) is 5.69 Å². The average Bonchev–Trinajstić information content (AvgIpc) is 2.21. The van der Waals surface area contributed by atoms with Gasteiger partial charge in [0.1, 0.15) is 0 Å². The lowest BCUT2D eigenvalue weighted by molar-refractivity contribution is 0.900. The molecule has 0 radical (unpaired) electrons. The average molecular weight is 239 g/mol. The van der Waals surface area contributed by atoms with Crippen molar-refractivity contribution in [3.8, 4) is 6.19 Å². The lowest BCUT2D eigenvalue weighted by Crippen LogP contribution is -2.17. The number of para-hydroxylation sites is 1. The minimum atomic E-state index is 0.770. The highest BCUT2D eigenvalue weighted by Gasteiger charge is 2.02. The van der Waals surface area contributed by atoms with E-state index in [2.05, 4.69) is 22.1 Å². The Labute approximate surface area is 86.9 Å². The summed E-state index contributed by atoms with van der Waals surface area (Å²) in [5.41, 5.74) is 0.964. The molecule has 0 unspecified atom stereocenters. The Bertz CT molecular complexity index is 279. The summed E-state index contributed by atoms with van der Waals surface area (Å²) in [7, 11) is 0. The van der Waals surface area contributed by atoms with Crippen molar-refractivity contribution in [1.29, 1.82) is 5.26 Å². The van der Waals surface area contributed by atoms with Gasteiger partial charge in [-0.05, 0) is 18.6 Å². The molecular formula is C10H11BrN2. The molecule has 0 bridgehead atoms. The van der Waals surface area contributed by atoms with E-state index in [1.165, 1.54) is 0 Å². The zero-order valence-corrected chi connectivity index (χ0v) is 8.87. The molecule has 0 spiro atoms. The van der Waals surface area contributed by atoms with E-state index < -0.39 is 0 Å². The van der Waals surface area contributed by atoms with E-state index in [0.717, 1.165) is 24.0 Å². The zero-order valence-electron chi connectivity index (χ0n) is 7.28. The molecule has 0 aliphatic rings. The normalized spacial score (nSPS) is 9.23. The molecule has 13 heavy (non-hydrogen) atoms. The first-order chi connectivity index (χ1) is 6.38. The molecule has 3 heteroatoms. The van der Waals surface area contributed by atoms with Crippen LogP contribution >= 0.6 is 15.9 Å². The maximum absolute atomic E-state index is 8.87. The van der Waals surface area contributed by atoms with Crippen molar-refractivity contribution in [3.63, 3.8) is 0 Å². The van der Waals surface area contributed by atoms with Gasteiger partial charge in [0.15, 0.2) is 6.19 Å². The van der Waals surface area contributed by atoms with Crippen LogP contribution in [-0.2, 0) is 0 Å². The Kier molecular flexibility index (Phi) is 4.34. The summed E-state index contributed by atoms with van der Waals surface area (Å²) < 4.78 is 0. The summed E-state index contributed by atoms with van der Waals surface area (Å²) in [6, 6.07) is 9.71. The highest BCUT2D eigenvalue weighted by atomic mass is 79.9. The molecule has 68 valence electrons. The quantitative estimate of drug-likeness (QED) is 0.459. The van der Waals surface area contributed by atoms with Crippen molar-refractivity contribution < 1.29 is 0 Å². The number of hydrogen-bond donors (Lipinski definition) is 0. The van der Waals surface area contributed by atoms with E-state index >= 15 is 0 Å². The SMILES string of the molecule is N#CN(CCCBr)c1ccccc1. The molecule has 1 aromatic rings. The minimum absolute atomic E-state index is 0.770. The van der Waals surface area contributed by atoms with Gasteiger partial charge in [-0.1, -0.05) is 34.1 Å². The first kappa shape index (κ1) is 10.1. The first-order valence-electron chi connectivity index (χ1n) is 4.16. The number of hydrogen-bond acceptors (Lipinski definition) is 2. The number of alkyl halides is 1. The van der Waals surface area contributed by atoms with E-state index in [9.17, 15) is 0 Å². The van der Waals surface area contributed by atoms with E-state index in [4.69, 9.17) is 5.26 Å². The maximum Gasteiger partial charge on any atom is 0.184 e. The molecule has 0 saturated carbocycles. The number of benzene rings is 1.